The number of carbonyl (C=O) groups is 1. The lowest BCUT2D eigenvalue weighted by atomic mass is 10.1. The Morgan fingerprint density at radius 1 is 1.00 bits per heavy atom. The van der Waals surface area contributed by atoms with Crippen LogP contribution in [0.25, 0.3) is 0 Å². The van der Waals surface area contributed by atoms with Crippen molar-refractivity contribution >= 4 is 5.91 Å². The minimum absolute atomic E-state index is 0.0474. The molecule has 1 N–H and O–H groups in total. The number of rotatable bonds is 5. The van der Waals surface area contributed by atoms with Crippen LogP contribution in [-0.2, 0) is 11.3 Å². The van der Waals surface area contributed by atoms with Crippen molar-refractivity contribution in [2.24, 2.45) is 0 Å². The largest absolute Gasteiger partial charge is 0.486 e. The van der Waals surface area contributed by atoms with E-state index in [1.54, 1.807) is 4.90 Å². The van der Waals surface area contributed by atoms with Gasteiger partial charge in [0.2, 0.25) is 5.91 Å². The first kappa shape index (κ1) is 17.9. The lowest BCUT2D eigenvalue weighted by Crippen LogP contribution is -3.13. The molecule has 5 heteroatoms. The highest BCUT2D eigenvalue weighted by molar-refractivity contribution is 5.76. The van der Waals surface area contributed by atoms with E-state index in [0.29, 0.717) is 19.4 Å². The molecule has 4 rings (SSSR count). The van der Waals surface area contributed by atoms with Crippen LogP contribution in [0.4, 0.5) is 0 Å². The number of benzene rings is 2. The Kier molecular flexibility index (Phi) is 5.58. The molecule has 2 aliphatic heterocycles. The summed E-state index contributed by atoms with van der Waals surface area (Å²) < 4.78 is 11.7. The lowest BCUT2D eigenvalue weighted by Gasteiger charge is -2.33. The monoisotopic (exact) mass is 367 g/mol. The molecule has 0 unspecified atom stereocenters. The number of ether oxygens (including phenoxy) is 2. The maximum Gasteiger partial charge on any atom is 0.223 e. The molecule has 0 aromatic heterocycles. The fourth-order valence-corrected chi connectivity index (χ4v) is 3.78. The van der Waals surface area contributed by atoms with Gasteiger partial charge in [-0.15, -0.1) is 0 Å². The van der Waals surface area contributed by atoms with Crippen molar-refractivity contribution < 1.29 is 19.2 Å². The summed E-state index contributed by atoms with van der Waals surface area (Å²) in [6.07, 6.45) is 1.17. The molecular formula is C22H27N2O3+. The molecule has 5 nitrogen and oxygen atoms in total. The van der Waals surface area contributed by atoms with E-state index in [-0.39, 0.29) is 12.0 Å². The van der Waals surface area contributed by atoms with Crippen molar-refractivity contribution in [2.45, 2.75) is 25.5 Å². The summed E-state index contributed by atoms with van der Waals surface area (Å²) in [5, 5.41) is 0. The number of nitrogens with one attached hydrogen (secondary N) is 1. The van der Waals surface area contributed by atoms with Crippen LogP contribution in [0, 0.1) is 0 Å². The molecule has 0 radical (unpaired) electrons. The van der Waals surface area contributed by atoms with Gasteiger partial charge < -0.3 is 19.3 Å². The number of piperazine rings is 1. The van der Waals surface area contributed by atoms with E-state index < -0.39 is 0 Å². The van der Waals surface area contributed by atoms with E-state index in [4.69, 9.17) is 9.47 Å². The van der Waals surface area contributed by atoms with Crippen LogP contribution in [0.2, 0.25) is 0 Å². The topological polar surface area (TPSA) is 43.2 Å². The van der Waals surface area contributed by atoms with E-state index in [9.17, 15) is 4.79 Å². The Labute approximate surface area is 160 Å². The van der Waals surface area contributed by atoms with E-state index in [1.165, 1.54) is 5.56 Å². The van der Waals surface area contributed by atoms with Crippen molar-refractivity contribution in [2.75, 3.05) is 32.8 Å². The Morgan fingerprint density at radius 3 is 2.48 bits per heavy atom. The molecule has 0 aliphatic carbocycles. The number of amides is 1. The third-order valence-corrected chi connectivity index (χ3v) is 5.37. The highest BCUT2D eigenvalue weighted by atomic mass is 16.6. The van der Waals surface area contributed by atoms with Gasteiger partial charge in [0.15, 0.2) is 11.5 Å². The first-order valence-corrected chi connectivity index (χ1v) is 9.82. The summed E-state index contributed by atoms with van der Waals surface area (Å²) >= 11 is 0. The predicted octanol–water partition coefficient (Wildman–Crippen LogP) is 1.53. The smallest absolute Gasteiger partial charge is 0.223 e. The number of carbonyl (C=O) groups excluding carboxylic acids is 1. The SMILES string of the molecule is O=C(CC[C@H]1COc2ccccc2O1)N1CC[NH+](Cc2ccccc2)CC1. The molecule has 2 heterocycles. The van der Waals surface area contributed by atoms with Gasteiger partial charge in [0.1, 0.15) is 19.3 Å². The Bertz CT molecular complexity index is 757. The van der Waals surface area contributed by atoms with Crippen molar-refractivity contribution in [3.8, 4) is 11.5 Å². The number of para-hydroxylation sites is 2. The molecule has 0 saturated carbocycles. The molecule has 2 aliphatic rings. The standard InChI is InChI=1S/C22H26N2O3/c25-22(11-10-19-17-26-20-8-4-5-9-21(20)27-19)24-14-12-23(13-15-24)16-18-6-2-1-3-7-18/h1-9,19H,10-17H2/p+1/t19-/m0/s1. The molecule has 0 bridgehead atoms. The quantitative estimate of drug-likeness (QED) is 0.872. The summed E-state index contributed by atoms with van der Waals surface area (Å²) in [5.41, 5.74) is 1.36. The van der Waals surface area contributed by atoms with Gasteiger partial charge in [-0.1, -0.05) is 42.5 Å². The van der Waals surface area contributed by atoms with Gasteiger partial charge >= 0.3 is 0 Å². The zero-order chi connectivity index (χ0) is 18.5. The van der Waals surface area contributed by atoms with E-state index in [2.05, 4.69) is 30.3 Å². The third-order valence-electron chi connectivity index (χ3n) is 5.37. The van der Waals surface area contributed by atoms with Gasteiger partial charge in [0.05, 0.1) is 26.2 Å². The average Bonchev–Trinajstić information content (AvgIpc) is 2.73. The molecule has 1 saturated heterocycles. The summed E-state index contributed by atoms with van der Waals surface area (Å²) in [6, 6.07) is 18.3. The van der Waals surface area contributed by atoms with Crippen LogP contribution >= 0.6 is 0 Å². The molecule has 142 valence electrons. The van der Waals surface area contributed by atoms with Crippen LogP contribution in [0.5, 0.6) is 11.5 Å². The van der Waals surface area contributed by atoms with Crippen molar-refractivity contribution in [3.05, 3.63) is 60.2 Å². The van der Waals surface area contributed by atoms with Crippen molar-refractivity contribution in [1.82, 2.24) is 4.90 Å². The van der Waals surface area contributed by atoms with Gasteiger partial charge in [-0.3, -0.25) is 4.79 Å². The highest BCUT2D eigenvalue weighted by Gasteiger charge is 2.26. The van der Waals surface area contributed by atoms with Crippen LogP contribution in [0.15, 0.2) is 54.6 Å². The van der Waals surface area contributed by atoms with Crippen molar-refractivity contribution in [3.63, 3.8) is 0 Å². The van der Waals surface area contributed by atoms with Gasteiger partial charge in [-0.05, 0) is 18.6 Å². The van der Waals surface area contributed by atoms with Gasteiger partial charge in [0, 0.05) is 12.0 Å². The van der Waals surface area contributed by atoms with Crippen LogP contribution in [0.3, 0.4) is 0 Å². The summed E-state index contributed by atoms with van der Waals surface area (Å²) in [4.78, 5) is 16.1. The van der Waals surface area contributed by atoms with Crippen LogP contribution < -0.4 is 14.4 Å². The third kappa shape index (κ3) is 4.61. The minimum Gasteiger partial charge on any atom is -0.486 e. The zero-order valence-corrected chi connectivity index (χ0v) is 15.6. The van der Waals surface area contributed by atoms with Gasteiger partial charge in [-0.2, -0.15) is 0 Å². The van der Waals surface area contributed by atoms with E-state index in [0.717, 1.165) is 44.2 Å². The lowest BCUT2D eigenvalue weighted by molar-refractivity contribution is -0.917. The second-order valence-electron chi connectivity index (χ2n) is 7.33. The number of quaternary nitrogens is 1. The first-order valence-electron chi connectivity index (χ1n) is 9.82. The average molecular weight is 367 g/mol. The maximum atomic E-state index is 12.6. The molecule has 1 fully saturated rings. The number of hydrogen-bond donors (Lipinski definition) is 1. The number of nitrogens with zero attached hydrogens (tertiary/aromatic N) is 1. The van der Waals surface area contributed by atoms with Gasteiger partial charge in [-0.25, -0.2) is 0 Å². The number of fused-ring (bicyclic) bond motifs is 1. The van der Waals surface area contributed by atoms with Crippen LogP contribution in [-0.4, -0.2) is 49.7 Å². The Hall–Kier alpha value is -2.53. The second kappa shape index (κ2) is 8.44. The zero-order valence-electron chi connectivity index (χ0n) is 15.6. The Morgan fingerprint density at radius 2 is 1.70 bits per heavy atom. The first-order chi connectivity index (χ1) is 13.3. The van der Waals surface area contributed by atoms with E-state index in [1.807, 2.05) is 29.2 Å². The summed E-state index contributed by atoms with van der Waals surface area (Å²) in [5.74, 6) is 1.80. The minimum atomic E-state index is -0.0474. The fourth-order valence-electron chi connectivity index (χ4n) is 3.78. The predicted molar refractivity (Wildman–Crippen MR) is 103 cm³/mol. The maximum absolute atomic E-state index is 12.6. The highest BCUT2D eigenvalue weighted by Crippen LogP contribution is 2.31. The van der Waals surface area contributed by atoms with Gasteiger partial charge in [0.25, 0.3) is 0 Å². The van der Waals surface area contributed by atoms with Crippen LogP contribution in [0.1, 0.15) is 18.4 Å². The summed E-state index contributed by atoms with van der Waals surface area (Å²) in [6.45, 7) is 5.25. The Balaban J connectivity index is 1.20. The molecule has 2 aromatic carbocycles. The fraction of sp³-hybridized carbons (Fsp3) is 0.409. The molecule has 2 aromatic rings. The second-order valence-corrected chi connectivity index (χ2v) is 7.33. The summed E-state index contributed by atoms with van der Waals surface area (Å²) in [7, 11) is 0. The molecular weight excluding hydrogens is 340 g/mol. The molecule has 1 atom stereocenters. The van der Waals surface area contributed by atoms with Crippen molar-refractivity contribution in [1.29, 1.82) is 0 Å². The van der Waals surface area contributed by atoms with E-state index >= 15 is 0 Å². The molecule has 0 spiro atoms. The molecule has 1 amide bonds. The number of hydrogen-bond acceptors (Lipinski definition) is 3. The molecule has 27 heavy (non-hydrogen) atoms. The normalized spacial score (nSPS) is 19.7.